The number of likely N-dealkylation sites (tertiary alicyclic amines) is 1. The number of rotatable bonds is 4. The molecule has 2 aromatic carbocycles. The van der Waals surface area contributed by atoms with Crippen molar-refractivity contribution in [2.24, 2.45) is 5.92 Å². The number of hydrogen-bond acceptors (Lipinski definition) is 3. The number of carbonyl (C=O) groups is 1. The molecule has 6 nitrogen and oxygen atoms in total. The molecule has 1 amide bonds. The first-order valence-corrected chi connectivity index (χ1v) is 10.1. The third kappa shape index (κ3) is 3.53. The predicted octanol–water partition coefficient (Wildman–Crippen LogP) is 3.98. The summed E-state index contributed by atoms with van der Waals surface area (Å²) < 4.78 is 2.24. The Morgan fingerprint density at radius 2 is 1.90 bits per heavy atom. The number of nitrogens with zero attached hydrogens (tertiary/aromatic N) is 4. The Balaban J connectivity index is 1.25. The van der Waals surface area contributed by atoms with E-state index in [-0.39, 0.29) is 5.91 Å². The number of aromatic nitrogens is 4. The second-order valence-corrected chi connectivity index (χ2v) is 7.69. The number of piperidine rings is 1. The quantitative estimate of drug-likeness (QED) is 0.578. The van der Waals surface area contributed by atoms with E-state index in [4.69, 9.17) is 0 Å². The molecule has 1 aliphatic rings. The van der Waals surface area contributed by atoms with Gasteiger partial charge in [0.25, 0.3) is 5.91 Å². The van der Waals surface area contributed by atoms with Crippen molar-refractivity contribution >= 4 is 16.9 Å². The predicted molar refractivity (Wildman–Crippen MR) is 112 cm³/mol. The van der Waals surface area contributed by atoms with E-state index in [9.17, 15) is 4.79 Å². The Labute approximate surface area is 169 Å². The van der Waals surface area contributed by atoms with Gasteiger partial charge in [0.1, 0.15) is 0 Å². The topological polar surface area (TPSA) is 66.8 Å². The molecule has 3 heterocycles. The molecule has 6 heteroatoms. The highest BCUT2D eigenvalue weighted by molar-refractivity contribution is 5.94. The number of H-pyrrole nitrogens is 1. The molecule has 0 atom stereocenters. The van der Waals surface area contributed by atoms with Crippen molar-refractivity contribution in [3.8, 4) is 11.1 Å². The molecule has 1 N–H and O–H groups in total. The molecular weight excluding hydrogens is 362 g/mol. The largest absolute Gasteiger partial charge is 0.339 e. The normalized spacial score (nSPS) is 15.1. The molecule has 1 aliphatic heterocycles. The van der Waals surface area contributed by atoms with Gasteiger partial charge in [0.15, 0.2) is 0 Å². The molecule has 0 radical (unpaired) electrons. The number of amides is 1. The molecule has 0 spiro atoms. The Morgan fingerprint density at radius 3 is 2.66 bits per heavy atom. The molecule has 1 fully saturated rings. The van der Waals surface area contributed by atoms with Gasteiger partial charge in [0, 0.05) is 37.0 Å². The molecule has 0 unspecified atom stereocenters. The summed E-state index contributed by atoms with van der Waals surface area (Å²) in [6.45, 7) is 2.57. The Bertz CT molecular complexity index is 1110. The van der Waals surface area contributed by atoms with Crippen LogP contribution in [-0.4, -0.2) is 43.6 Å². The van der Waals surface area contributed by atoms with E-state index in [0.29, 0.717) is 5.92 Å². The highest BCUT2D eigenvalue weighted by atomic mass is 16.2. The summed E-state index contributed by atoms with van der Waals surface area (Å²) in [4.78, 5) is 19.2. The Kier molecular flexibility index (Phi) is 4.60. The summed E-state index contributed by atoms with van der Waals surface area (Å²) in [5, 5.41) is 6.87. The van der Waals surface area contributed by atoms with Crippen LogP contribution in [0.1, 0.15) is 23.2 Å². The molecule has 146 valence electrons. The van der Waals surface area contributed by atoms with Gasteiger partial charge in [0.05, 0.1) is 23.6 Å². The summed E-state index contributed by atoms with van der Waals surface area (Å²) in [7, 11) is 0. The summed E-state index contributed by atoms with van der Waals surface area (Å²) in [5.74, 6) is 0.699. The van der Waals surface area contributed by atoms with Crippen molar-refractivity contribution in [2.45, 2.75) is 19.4 Å². The monoisotopic (exact) mass is 385 g/mol. The number of fused-ring (bicyclic) bond motifs is 1. The van der Waals surface area contributed by atoms with Crippen LogP contribution in [0.25, 0.3) is 22.2 Å². The second-order valence-electron chi connectivity index (χ2n) is 7.69. The van der Waals surface area contributed by atoms with Crippen LogP contribution < -0.4 is 0 Å². The minimum absolute atomic E-state index is 0.143. The smallest absolute Gasteiger partial charge is 0.253 e. The van der Waals surface area contributed by atoms with E-state index in [1.807, 2.05) is 54.0 Å². The van der Waals surface area contributed by atoms with Gasteiger partial charge in [0.2, 0.25) is 0 Å². The highest BCUT2D eigenvalue weighted by Crippen LogP contribution is 2.26. The van der Waals surface area contributed by atoms with E-state index in [0.717, 1.165) is 60.2 Å². The van der Waals surface area contributed by atoms with Gasteiger partial charge in [-0.3, -0.25) is 9.89 Å². The zero-order chi connectivity index (χ0) is 19.6. The van der Waals surface area contributed by atoms with E-state index >= 15 is 0 Å². The van der Waals surface area contributed by atoms with Crippen molar-refractivity contribution in [1.29, 1.82) is 0 Å². The molecule has 0 aliphatic carbocycles. The zero-order valence-electron chi connectivity index (χ0n) is 16.2. The van der Waals surface area contributed by atoms with E-state index in [2.05, 4.69) is 37.9 Å². The average Bonchev–Trinajstić information content (AvgIpc) is 3.45. The van der Waals surface area contributed by atoms with Gasteiger partial charge in [-0.1, -0.05) is 24.3 Å². The van der Waals surface area contributed by atoms with Crippen LogP contribution in [0, 0.1) is 5.92 Å². The van der Waals surface area contributed by atoms with Gasteiger partial charge in [-0.05, 0) is 48.6 Å². The first kappa shape index (κ1) is 17.7. The SMILES string of the molecule is O=C(c1ccccc1)N1CCC(Cn2cnc3cc(-c4cn[nH]c4)ccc32)CC1. The fraction of sp³-hybridized carbons (Fsp3) is 0.261. The maximum atomic E-state index is 12.6. The molecule has 1 saturated heterocycles. The first-order chi connectivity index (χ1) is 14.3. The van der Waals surface area contributed by atoms with Gasteiger partial charge in [-0.25, -0.2) is 4.98 Å². The maximum absolute atomic E-state index is 12.6. The van der Waals surface area contributed by atoms with E-state index in [1.54, 1.807) is 0 Å². The fourth-order valence-electron chi connectivity index (χ4n) is 4.16. The van der Waals surface area contributed by atoms with Crippen molar-refractivity contribution in [3.63, 3.8) is 0 Å². The maximum Gasteiger partial charge on any atom is 0.253 e. The van der Waals surface area contributed by atoms with Crippen LogP contribution in [0.4, 0.5) is 0 Å². The second kappa shape index (κ2) is 7.54. The molecular formula is C23H23N5O. The van der Waals surface area contributed by atoms with Gasteiger partial charge in [-0.2, -0.15) is 5.10 Å². The Hall–Kier alpha value is -3.41. The van der Waals surface area contributed by atoms with Crippen molar-refractivity contribution in [1.82, 2.24) is 24.6 Å². The zero-order valence-corrected chi connectivity index (χ0v) is 16.2. The van der Waals surface area contributed by atoms with Crippen LogP contribution in [0.2, 0.25) is 0 Å². The molecule has 0 bridgehead atoms. The van der Waals surface area contributed by atoms with Gasteiger partial charge >= 0.3 is 0 Å². The first-order valence-electron chi connectivity index (χ1n) is 10.1. The highest BCUT2D eigenvalue weighted by Gasteiger charge is 2.24. The summed E-state index contributed by atoms with van der Waals surface area (Å²) >= 11 is 0. The lowest BCUT2D eigenvalue weighted by atomic mass is 9.96. The summed E-state index contributed by atoms with van der Waals surface area (Å²) in [6, 6.07) is 15.9. The van der Waals surface area contributed by atoms with Crippen LogP contribution >= 0.6 is 0 Å². The summed E-state index contributed by atoms with van der Waals surface area (Å²) in [6.07, 6.45) is 7.69. The van der Waals surface area contributed by atoms with Crippen molar-refractivity contribution in [2.75, 3.05) is 13.1 Å². The van der Waals surface area contributed by atoms with Crippen molar-refractivity contribution < 1.29 is 4.79 Å². The number of hydrogen-bond donors (Lipinski definition) is 1. The van der Waals surface area contributed by atoms with Crippen molar-refractivity contribution in [3.05, 3.63) is 72.8 Å². The molecule has 4 aromatic rings. The average molecular weight is 385 g/mol. The van der Waals surface area contributed by atoms with Crippen LogP contribution in [0.5, 0.6) is 0 Å². The minimum Gasteiger partial charge on any atom is -0.339 e. The van der Waals surface area contributed by atoms with Gasteiger partial charge < -0.3 is 9.47 Å². The number of carbonyl (C=O) groups excluding carboxylic acids is 1. The minimum atomic E-state index is 0.143. The molecule has 0 saturated carbocycles. The molecule has 5 rings (SSSR count). The standard InChI is InChI=1S/C23H23N5O/c29-23(18-4-2-1-3-5-18)27-10-8-17(9-11-27)15-28-16-24-21-12-19(6-7-22(21)28)20-13-25-26-14-20/h1-7,12-14,16-17H,8-11,15H2,(H,25,26). The number of benzene rings is 2. The van der Waals surface area contributed by atoms with Crippen LogP contribution in [0.3, 0.4) is 0 Å². The van der Waals surface area contributed by atoms with Crippen LogP contribution in [0.15, 0.2) is 67.3 Å². The third-order valence-corrected chi connectivity index (χ3v) is 5.83. The number of aromatic amines is 1. The summed E-state index contributed by atoms with van der Waals surface area (Å²) in [5.41, 5.74) is 5.11. The lowest BCUT2D eigenvalue weighted by Gasteiger charge is -2.32. The Morgan fingerprint density at radius 1 is 1.07 bits per heavy atom. The van der Waals surface area contributed by atoms with Gasteiger partial charge in [-0.15, -0.1) is 0 Å². The number of nitrogens with one attached hydrogen (secondary N) is 1. The molecule has 29 heavy (non-hydrogen) atoms. The lowest BCUT2D eigenvalue weighted by molar-refractivity contribution is 0.0683. The van der Waals surface area contributed by atoms with Crippen LogP contribution in [-0.2, 0) is 6.54 Å². The lowest BCUT2D eigenvalue weighted by Crippen LogP contribution is -2.39. The van der Waals surface area contributed by atoms with E-state index in [1.165, 1.54) is 0 Å². The third-order valence-electron chi connectivity index (χ3n) is 5.83. The fourth-order valence-corrected chi connectivity index (χ4v) is 4.16. The molecule has 2 aromatic heterocycles. The number of imidazole rings is 1. The van der Waals surface area contributed by atoms with E-state index < -0.39 is 0 Å².